The number of amides is 1. The molecule has 1 heterocycles. The van der Waals surface area contributed by atoms with Crippen molar-refractivity contribution in [2.24, 2.45) is 0 Å². The van der Waals surface area contributed by atoms with Crippen LogP contribution in [0, 0.1) is 13.8 Å². The third kappa shape index (κ3) is 2.50. The van der Waals surface area contributed by atoms with E-state index in [9.17, 15) is 4.79 Å². The van der Waals surface area contributed by atoms with E-state index >= 15 is 0 Å². The summed E-state index contributed by atoms with van der Waals surface area (Å²) in [6.45, 7) is 8.06. The molecule has 0 radical (unpaired) electrons. The zero-order valence-electron chi connectivity index (χ0n) is 10.7. The number of aryl methyl sites for hydroxylation is 1. The van der Waals surface area contributed by atoms with Crippen molar-refractivity contribution in [1.82, 2.24) is 4.90 Å². The summed E-state index contributed by atoms with van der Waals surface area (Å²) in [4.78, 5) is 14.3. The molecule has 1 saturated heterocycles. The summed E-state index contributed by atoms with van der Waals surface area (Å²) in [6, 6.07) is 5.89. The molecule has 0 saturated carbocycles. The molecule has 92 valence electrons. The molecule has 0 aliphatic carbocycles. The predicted octanol–water partition coefficient (Wildman–Crippen LogP) is 2.16. The van der Waals surface area contributed by atoms with Crippen LogP contribution in [-0.2, 0) is 4.74 Å². The number of rotatable bonds is 1. The van der Waals surface area contributed by atoms with Gasteiger partial charge >= 0.3 is 0 Å². The van der Waals surface area contributed by atoms with Gasteiger partial charge in [0.15, 0.2) is 0 Å². The van der Waals surface area contributed by atoms with Gasteiger partial charge in [-0.05, 0) is 38.0 Å². The van der Waals surface area contributed by atoms with Gasteiger partial charge in [0.2, 0.25) is 0 Å². The standard InChI is InChI=1S/C14H19NO2/c1-10-5-4-6-13(12(10)3)14(16)15-7-8-17-11(2)9-15/h4-6,11H,7-9H2,1-3H3. The molecule has 1 aromatic carbocycles. The summed E-state index contributed by atoms with van der Waals surface area (Å²) in [7, 11) is 0. The number of hydrogen-bond donors (Lipinski definition) is 0. The Morgan fingerprint density at radius 3 is 2.88 bits per heavy atom. The second-order valence-electron chi connectivity index (χ2n) is 4.68. The molecular formula is C14H19NO2. The van der Waals surface area contributed by atoms with Crippen LogP contribution in [0.25, 0.3) is 0 Å². The Labute approximate surface area is 102 Å². The van der Waals surface area contributed by atoms with E-state index < -0.39 is 0 Å². The number of carbonyl (C=O) groups excluding carboxylic acids is 1. The van der Waals surface area contributed by atoms with Gasteiger partial charge in [-0.15, -0.1) is 0 Å². The van der Waals surface area contributed by atoms with Crippen LogP contribution in [0.5, 0.6) is 0 Å². The van der Waals surface area contributed by atoms with E-state index in [1.807, 2.05) is 43.9 Å². The van der Waals surface area contributed by atoms with Gasteiger partial charge < -0.3 is 9.64 Å². The van der Waals surface area contributed by atoms with E-state index in [1.54, 1.807) is 0 Å². The topological polar surface area (TPSA) is 29.5 Å². The fourth-order valence-electron chi connectivity index (χ4n) is 2.16. The molecule has 3 heteroatoms. The van der Waals surface area contributed by atoms with Gasteiger partial charge in [-0.3, -0.25) is 4.79 Å². The lowest BCUT2D eigenvalue weighted by Gasteiger charge is -2.31. The molecule has 1 amide bonds. The highest BCUT2D eigenvalue weighted by atomic mass is 16.5. The monoisotopic (exact) mass is 233 g/mol. The number of ether oxygens (including phenoxy) is 1. The van der Waals surface area contributed by atoms with Crippen LogP contribution in [0.2, 0.25) is 0 Å². The van der Waals surface area contributed by atoms with Gasteiger partial charge in [0.1, 0.15) is 0 Å². The third-order valence-corrected chi connectivity index (χ3v) is 3.36. The van der Waals surface area contributed by atoms with Crippen LogP contribution < -0.4 is 0 Å². The predicted molar refractivity (Wildman–Crippen MR) is 67.2 cm³/mol. The SMILES string of the molecule is Cc1cccc(C(=O)N2CCOC(C)C2)c1C. The first-order valence-corrected chi connectivity index (χ1v) is 6.06. The van der Waals surface area contributed by atoms with Gasteiger partial charge in [-0.1, -0.05) is 12.1 Å². The Morgan fingerprint density at radius 1 is 1.41 bits per heavy atom. The van der Waals surface area contributed by atoms with E-state index in [-0.39, 0.29) is 12.0 Å². The third-order valence-electron chi connectivity index (χ3n) is 3.36. The molecule has 0 bridgehead atoms. The highest BCUT2D eigenvalue weighted by Crippen LogP contribution is 2.16. The first-order valence-electron chi connectivity index (χ1n) is 6.06. The second-order valence-corrected chi connectivity index (χ2v) is 4.68. The number of benzene rings is 1. The van der Waals surface area contributed by atoms with Crippen LogP contribution in [0.15, 0.2) is 18.2 Å². The van der Waals surface area contributed by atoms with Crippen LogP contribution in [0.4, 0.5) is 0 Å². The van der Waals surface area contributed by atoms with Crippen molar-refractivity contribution in [2.45, 2.75) is 26.9 Å². The van der Waals surface area contributed by atoms with Gasteiger partial charge in [-0.25, -0.2) is 0 Å². The number of hydrogen-bond acceptors (Lipinski definition) is 2. The largest absolute Gasteiger partial charge is 0.375 e. The van der Waals surface area contributed by atoms with Crippen molar-refractivity contribution in [2.75, 3.05) is 19.7 Å². The molecule has 1 fully saturated rings. The molecule has 1 aliphatic rings. The maximum atomic E-state index is 12.4. The van der Waals surface area contributed by atoms with Gasteiger partial charge in [0, 0.05) is 18.7 Å². The van der Waals surface area contributed by atoms with E-state index in [2.05, 4.69) is 0 Å². The Bertz CT molecular complexity index is 428. The smallest absolute Gasteiger partial charge is 0.254 e. The molecule has 0 spiro atoms. The lowest BCUT2D eigenvalue weighted by atomic mass is 10.0. The maximum absolute atomic E-state index is 12.4. The molecule has 1 aliphatic heterocycles. The van der Waals surface area contributed by atoms with E-state index in [0.29, 0.717) is 19.7 Å². The second kappa shape index (κ2) is 4.88. The van der Waals surface area contributed by atoms with Crippen molar-refractivity contribution in [3.63, 3.8) is 0 Å². The summed E-state index contributed by atoms with van der Waals surface area (Å²) in [5.74, 6) is 0.126. The summed E-state index contributed by atoms with van der Waals surface area (Å²) in [5, 5.41) is 0. The Balaban J connectivity index is 2.22. The van der Waals surface area contributed by atoms with Crippen molar-refractivity contribution >= 4 is 5.91 Å². The van der Waals surface area contributed by atoms with E-state index in [1.165, 1.54) is 0 Å². The molecule has 1 unspecified atom stereocenters. The minimum Gasteiger partial charge on any atom is -0.375 e. The van der Waals surface area contributed by atoms with Gasteiger partial charge in [-0.2, -0.15) is 0 Å². The number of carbonyl (C=O) groups is 1. The number of nitrogens with zero attached hydrogens (tertiary/aromatic N) is 1. The molecule has 0 aromatic heterocycles. The lowest BCUT2D eigenvalue weighted by molar-refractivity contribution is -0.0124. The summed E-state index contributed by atoms with van der Waals surface area (Å²) >= 11 is 0. The summed E-state index contributed by atoms with van der Waals surface area (Å²) in [6.07, 6.45) is 0.137. The molecule has 3 nitrogen and oxygen atoms in total. The zero-order valence-corrected chi connectivity index (χ0v) is 10.7. The molecule has 0 N–H and O–H groups in total. The van der Waals surface area contributed by atoms with E-state index in [0.717, 1.165) is 16.7 Å². The van der Waals surface area contributed by atoms with Gasteiger partial charge in [0.05, 0.1) is 12.7 Å². The fourth-order valence-corrected chi connectivity index (χ4v) is 2.16. The minimum atomic E-state index is 0.126. The number of morpholine rings is 1. The van der Waals surface area contributed by atoms with Crippen LogP contribution in [0.3, 0.4) is 0 Å². The summed E-state index contributed by atoms with van der Waals surface area (Å²) in [5.41, 5.74) is 3.06. The minimum absolute atomic E-state index is 0.126. The highest BCUT2D eigenvalue weighted by molar-refractivity contribution is 5.96. The molecule has 1 aromatic rings. The Morgan fingerprint density at radius 2 is 2.18 bits per heavy atom. The Hall–Kier alpha value is -1.35. The average Bonchev–Trinajstić information content (AvgIpc) is 2.32. The average molecular weight is 233 g/mol. The fraction of sp³-hybridized carbons (Fsp3) is 0.500. The molecular weight excluding hydrogens is 214 g/mol. The molecule has 1 atom stereocenters. The molecule has 2 rings (SSSR count). The van der Waals surface area contributed by atoms with Crippen molar-refractivity contribution < 1.29 is 9.53 Å². The molecule has 17 heavy (non-hydrogen) atoms. The Kier molecular flexibility index (Phi) is 3.48. The van der Waals surface area contributed by atoms with Crippen molar-refractivity contribution in [3.05, 3.63) is 34.9 Å². The lowest BCUT2D eigenvalue weighted by Crippen LogP contribution is -2.44. The summed E-state index contributed by atoms with van der Waals surface area (Å²) < 4.78 is 5.45. The van der Waals surface area contributed by atoms with Crippen LogP contribution in [-0.4, -0.2) is 36.6 Å². The first-order chi connectivity index (χ1) is 8.09. The highest BCUT2D eigenvalue weighted by Gasteiger charge is 2.23. The van der Waals surface area contributed by atoms with Crippen molar-refractivity contribution in [1.29, 1.82) is 0 Å². The normalized spacial score (nSPS) is 20.4. The zero-order chi connectivity index (χ0) is 12.4. The first kappa shape index (κ1) is 12.1. The van der Waals surface area contributed by atoms with Crippen LogP contribution >= 0.6 is 0 Å². The van der Waals surface area contributed by atoms with Crippen LogP contribution in [0.1, 0.15) is 28.4 Å². The maximum Gasteiger partial charge on any atom is 0.254 e. The quantitative estimate of drug-likeness (QED) is 0.744. The van der Waals surface area contributed by atoms with Crippen molar-refractivity contribution in [3.8, 4) is 0 Å². The van der Waals surface area contributed by atoms with E-state index in [4.69, 9.17) is 4.74 Å². The van der Waals surface area contributed by atoms with Gasteiger partial charge in [0.25, 0.3) is 5.91 Å².